The highest BCUT2D eigenvalue weighted by atomic mass is 16.5. The highest BCUT2D eigenvalue weighted by molar-refractivity contribution is 5.81. The fourth-order valence-corrected chi connectivity index (χ4v) is 3.15. The number of rotatable bonds is 6. The number of aryl methyl sites for hydroxylation is 1. The van der Waals surface area contributed by atoms with E-state index in [1.165, 1.54) is 0 Å². The van der Waals surface area contributed by atoms with E-state index in [9.17, 15) is 4.79 Å². The number of amides is 1. The number of benzene rings is 2. The third-order valence-electron chi connectivity index (χ3n) is 4.92. The van der Waals surface area contributed by atoms with Crippen molar-refractivity contribution < 1.29 is 9.53 Å². The molecule has 0 saturated carbocycles. The molecule has 1 aromatic heterocycles. The Labute approximate surface area is 172 Å². The Morgan fingerprint density at radius 1 is 1.10 bits per heavy atom. The average Bonchev–Trinajstić information content (AvgIpc) is 3.11. The van der Waals surface area contributed by atoms with Gasteiger partial charge in [0, 0.05) is 19.4 Å². The summed E-state index contributed by atoms with van der Waals surface area (Å²) >= 11 is 0. The van der Waals surface area contributed by atoms with Gasteiger partial charge in [0.25, 0.3) is 5.91 Å². The molecule has 0 unspecified atom stereocenters. The highest BCUT2D eigenvalue weighted by Gasteiger charge is 2.24. The van der Waals surface area contributed by atoms with Crippen molar-refractivity contribution in [3.63, 3.8) is 0 Å². The minimum absolute atomic E-state index is 0.0154. The van der Waals surface area contributed by atoms with Gasteiger partial charge in [-0.2, -0.15) is 0 Å². The van der Waals surface area contributed by atoms with Crippen molar-refractivity contribution in [2.24, 2.45) is 7.05 Å². The predicted octanol–water partition coefficient (Wildman–Crippen LogP) is 4.39. The molecular formula is C24H29N3O2. The number of carbonyl (C=O) groups is 1. The molecule has 2 aromatic carbocycles. The van der Waals surface area contributed by atoms with Crippen LogP contribution < -0.4 is 10.1 Å². The molecule has 3 rings (SSSR count). The molecule has 0 saturated heterocycles. The molecule has 1 heterocycles. The molecular weight excluding hydrogens is 362 g/mol. The van der Waals surface area contributed by atoms with Crippen molar-refractivity contribution in [3.05, 3.63) is 83.9 Å². The maximum absolute atomic E-state index is 12.9. The third kappa shape index (κ3) is 5.05. The quantitative estimate of drug-likeness (QED) is 0.678. The van der Waals surface area contributed by atoms with Crippen LogP contribution in [0.3, 0.4) is 0 Å². The van der Waals surface area contributed by atoms with E-state index in [1.54, 1.807) is 13.1 Å². The number of carbonyl (C=O) groups excluding carboxylic acids is 1. The van der Waals surface area contributed by atoms with Gasteiger partial charge in [-0.1, -0.05) is 63.2 Å². The number of nitrogens with one attached hydrogen (secondary N) is 1. The molecule has 3 aromatic rings. The maximum atomic E-state index is 12.9. The molecule has 5 heteroatoms. The predicted molar refractivity (Wildman–Crippen MR) is 115 cm³/mol. The Morgan fingerprint density at radius 3 is 2.45 bits per heavy atom. The van der Waals surface area contributed by atoms with Crippen LogP contribution in [0.2, 0.25) is 0 Å². The Balaban J connectivity index is 1.77. The van der Waals surface area contributed by atoms with E-state index in [0.29, 0.717) is 5.75 Å². The summed E-state index contributed by atoms with van der Waals surface area (Å²) in [6.07, 6.45) is 2.96. The lowest BCUT2D eigenvalue weighted by atomic mass is 9.87. The van der Waals surface area contributed by atoms with Crippen molar-refractivity contribution in [2.75, 3.05) is 0 Å². The second-order valence-electron chi connectivity index (χ2n) is 8.29. The second-order valence-corrected chi connectivity index (χ2v) is 8.29. The van der Waals surface area contributed by atoms with E-state index >= 15 is 0 Å². The van der Waals surface area contributed by atoms with Gasteiger partial charge in [0.2, 0.25) is 0 Å². The summed E-state index contributed by atoms with van der Waals surface area (Å²) in [4.78, 5) is 17.4. The molecule has 1 amide bonds. The van der Waals surface area contributed by atoms with Crippen LogP contribution in [0.15, 0.2) is 67.0 Å². The Morgan fingerprint density at radius 2 is 1.83 bits per heavy atom. The van der Waals surface area contributed by atoms with Crippen molar-refractivity contribution in [1.82, 2.24) is 14.9 Å². The summed E-state index contributed by atoms with van der Waals surface area (Å²) in [6, 6.07) is 17.4. The first-order valence-corrected chi connectivity index (χ1v) is 9.85. The Hall–Kier alpha value is -3.08. The first-order chi connectivity index (χ1) is 13.8. The lowest BCUT2D eigenvalue weighted by Crippen LogP contribution is -2.39. The molecule has 2 atom stereocenters. The van der Waals surface area contributed by atoms with E-state index in [-0.39, 0.29) is 17.4 Å². The van der Waals surface area contributed by atoms with Gasteiger partial charge in [0.1, 0.15) is 17.6 Å². The van der Waals surface area contributed by atoms with Gasteiger partial charge < -0.3 is 14.6 Å². The minimum Gasteiger partial charge on any atom is -0.481 e. The zero-order chi connectivity index (χ0) is 21.0. The van der Waals surface area contributed by atoms with Crippen LogP contribution in [-0.4, -0.2) is 21.6 Å². The normalized spacial score (nSPS) is 13.6. The summed E-state index contributed by atoms with van der Waals surface area (Å²) in [5.74, 6) is 1.27. The van der Waals surface area contributed by atoms with Crippen molar-refractivity contribution in [2.45, 2.75) is 45.3 Å². The van der Waals surface area contributed by atoms with Crippen molar-refractivity contribution >= 4 is 5.91 Å². The zero-order valence-corrected chi connectivity index (χ0v) is 17.7. The topological polar surface area (TPSA) is 56.1 Å². The molecule has 0 spiro atoms. The third-order valence-corrected chi connectivity index (χ3v) is 4.92. The van der Waals surface area contributed by atoms with Gasteiger partial charge in [-0.05, 0) is 35.6 Å². The molecule has 0 aliphatic heterocycles. The van der Waals surface area contributed by atoms with E-state index in [2.05, 4.69) is 37.1 Å². The van der Waals surface area contributed by atoms with E-state index < -0.39 is 6.10 Å². The molecule has 0 aliphatic rings. The fourth-order valence-electron chi connectivity index (χ4n) is 3.15. The van der Waals surface area contributed by atoms with E-state index in [0.717, 1.165) is 17.0 Å². The largest absolute Gasteiger partial charge is 0.481 e. The van der Waals surface area contributed by atoms with E-state index in [4.69, 9.17) is 4.74 Å². The number of hydrogen-bond acceptors (Lipinski definition) is 3. The maximum Gasteiger partial charge on any atom is 0.261 e. The molecule has 0 aliphatic carbocycles. The van der Waals surface area contributed by atoms with E-state index in [1.807, 2.05) is 66.3 Å². The van der Waals surface area contributed by atoms with Gasteiger partial charge in [-0.15, -0.1) is 0 Å². The monoisotopic (exact) mass is 391 g/mol. The lowest BCUT2D eigenvalue weighted by molar-refractivity contribution is -0.127. The van der Waals surface area contributed by atoms with Gasteiger partial charge in [-0.25, -0.2) is 4.98 Å². The van der Waals surface area contributed by atoms with Crippen molar-refractivity contribution in [3.8, 4) is 5.75 Å². The number of aromatic nitrogens is 2. The van der Waals surface area contributed by atoms with Gasteiger partial charge in [0.05, 0.1) is 0 Å². The van der Waals surface area contributed by atoms with Crippen LogP contribution in [0.4, 0.5) is 0 Å². The van der Waals surface area contributed by atoms with Crippen LogP contribution in [-0.2, 0) is 17.3 Å². The minimum atomic E-state index is -0.642. The average molecular weight is 392 g/mol. The fraction of sp³-hybridized carbons (Fsp3) is 0.333. The number of hydrogen-bond donors (Lipinski definition) is 1. The van der Waals surface area contributed by atoms with Gasteiger partial charge in [0.15, 0.2) is 6.10 Å². The molecule has 152 valence electrons. The number of ether oxygens (including phenoxy) is 1. The Kier molecular flexibility index (Phi) is 6.06. The van der Waals surface area contributed by atoms with Crippen LogP contribution in [0, 0.1) is 0 Å². The first-order valence-electron chi connectivity index (χ1n) is 9.85. The van der Waals surface area contributed by atoms with Gasteiger partial charge >= 0.3 is 0 Å². The standard InChI is InChI=1S/C24H29N3O2/c1-17(29-20-13-9-12-19(16-20)24(2,3)4)23(28)26-21(18-10-7-6-8-11-18)22-25-14-15-27(22)5/h6-17,21H,1-5H3,(H,26,28)/t17-,21-/m0/s1. The van der Waals surface area contributed by atoms with Crippen LogP contribution in [0.5, 0.6) is 5.75 Å². The first kappa shape index (κ1) is 20.6. The SMILES string of the molecule is C[C@H](Oc1cccc(C(C)(C)C)c1)C(=O)N[C@@H](c1ccccc1)c1nccn1C. The molecule has 29 heavy (non-hydrogen) atoms. The second kappa shape index (κ2) is 8.52. The number of nitrogens with zero attached hydrogens (tertiary/aromatic N) is 2. The molecule has 0 radical (unpaired) electrons. The molecule has 1 N–H and O–H groups in total. The number of imidazole rings is 1. The highest BCUT2D eigenvalue weighted by Crippen LogP contribution is 2.26. The Bertz CT molecular complexity index is 958. The lowest BCUT2D eigenvalue weighted by Gasteiger charge is -2.23. The summed E-state index contributed by atoms with van der Waals surface area (Å²) in [5, 5.41) is 3.09. The van der Waals surface area contributed by atoms with Crippen molar-refractivity contribution in [1.29, 1.82) is 0 Å². The molecule has 0 fully saturated rings. The summed E-state index contributed by atoms with van der Waals surface area (Å²) in [7, 11) is 1.92. The summed E-state index contributed by atoms with van der Waals surface area (Å²) < 4.78 is 7.87. The molecule has 5 nitrogen and oxygen atoms in total. The van der Waals surface area contributed by atoms with Crippen LogP contribution in [0.25, 0.3) is 0 Å². The van der Waals surface area contributed by atoms with Crippen LogP contribution >= 0.6 is 0 Å². The summed E-state index contributed by atoms with van der Waals surface area (Å²) in [6.45, 7) is 8.22. The smallest absolute Gasteiger partial charge is 0.261 e. The van der Waals surface area contributed by atoms with Crippen LogP contribution in [0.1, 0.15) is 50.7 Å². The summed E-state index contributed by atoms with van der Waals surface area (Å²) in [5.41, 5.74) is 2.15. The molecule has 0 bridgehead atoms. The van der Waals surface area contributed by atoms with Gasteiger partial charge in [-0.3, -0.25) is 4.79 Å². The zero-order valence-electron chi connectivity index (χ0n) is 17.7.